The van der Waals surface area contributed by atoms with Gasteiger partial charge in [0.05, 0.1) is 17.4 Å². The monoisotopic (exact) mass is 247 g/mol. The molecule has 0 saturated carbocycles. The molecule has 94 valence electrons. The summed E-state index contributed by atoms with van der Waals surface area (Å²) < 4.78 is 17.8. The summed E-state index contributed by atoms with van der Waals surface area (Å²) in [5.74, 6) is 0.464. The number of halogens is 1. The van der Waals surface area contributed by atoms with Crippen LogP contribution in [0.1, 0.15) is 30.0 Å². The fraction of sp³-hybridized carbons (Fsp3) is 0.308. The molecule has 0 saturated heterocycles. The summed E-state index contributed by atoms with van der Waals surface area (Å²) in [7, 11) is 0. The molecule has 1 unspecified atom stereocenters. The van der Waals surface area contributed by atoms with Gasteiger partial charge < -0.3 is 4.52 Å². The average Bonchev–Trinajstić information content (AvgIpc) is 2.68. The van der Waals surface area contributed by atoms with Crippen molar-refractivity contribution in [3.05, 3.63) is 47.1 Å². The molecule has 0 aliphatic rings. The van der Waals surface area contributed by atoms with Crippen LogP contribution in [0.25, 0.3) is 0 Å². The minimum Gasteiger partial charge on any atom is -0.361 e. The highest BCUT2D eigenvalue weighted by Gasteiger charge is 2.15. The summed E-state index contributed by atoms with van der Waals surface area (Å²) in [5.41, 5.74) is 2.38. The van der Waals surface area contributed by atoms with Gasteiger partial charge in [0.25, 0.3) is 0 Å². The van der Waals surface area contributed by atoms with Gasteiger partial charge in [0.1, 0.15) is 11.6 Å². The molecule has 5 heteroatoms. The summed E-state index contributed by atoms with van der Waals surface area (Å²) >= 11 is 0. The number of nitrogens with zero attached hydrogens (tertiary/aromatic N) is 3. The minimum atomic E-state index is -0.285. The molecule has 0 amide bonds. The standard InChI is InChI=1S/C13H14FN3O/c1-8(13-9(2)17-18-10(13)3)15-16-12-6-4-11(14)5-7-12/h4-8H,1-3H3. The maximum Gasteiger partial charge on any atom is 0.139 e. The highest BCUT2D eigenvalue weighted by molar-refractivity contribution is 5.35. The first-order valence-electron chi connectivity index (χ1n) is 5.67. The summed E-state index contributed by atoms with van der Waals surface area (Å²) in [4.78, 5) is 0. The van der Waals surface area contributed by atoms with E-state index in [2.05, 4.69) is 15.4 Å². The van der Waals surface area contributed by atoms with E-state index in [9.17, 15) is 4.39 Å². The molecule has 0 radical (unpaired) electrons. The van der Waals surface area contributed by atoms with Gasteiger partial charge >= 0.3 is 0 Å². The third-order valence-corrected chi connectivity index (χ3v) is 2.68. The number of benzene rings is 1. The Morgan fingerprint density at radius 2 is 1.89 bits per heavy atom. The van der Waals surface area contributed by atoms with Crippen molar-refractivity contribution < 1.29 is 8.91 Å². The first-order valence-corrected chi connectivity index (χ1v) is 5.67. The van der Waals surface area contributed by atoms with Crippen molar-refractivity contribution in [1.82, 2.24) is 5.16 Å². The van der Waals surface area contributed by atoms with Gasteiger partial charge in [-0.3, -0.25) is 0 Å². The van der Waals surface area contributed by atoms with Crippen molar-refractivity contribution in [2.24, 2.45) is 10.2 Å². The maximum atomic E-state index is 12.7. The van der Waals surface area contributed by atoms with Crippen LogP contribution in [0, 0.1) is 19.7 Å². The fourth-order valence-electron chi connectivity index (χ4n) is 1.81. The van der Waals surface area contributed by atoms with E-state index in [4.69, 9.17) is 4.52 Å². The normalized spacial score (nSPS) is 13.1. The number of hydrogen-bond acceptors (Lipinski definition) is 4. The second-order valence-corrected chi connectivity index (χ2v) is 4.11. The van der Waals surface area contributed by atoms with E-state index in [-0.39, 0.29) is 11.9 Å². The zero-order valence-corrected chi connectivity index (χ0v) is 10.5. The molecular weight excluding hydrogens is 233 g/mol. The molecule has 0 aliphatic heterocycles. The minimum absolute atomic E-state index is 0.138. The van der Waals surface area contributed by atoms with Crippen molar-refractivity contribution in [2.45, 2.75) is 26.8 Å². The van der Waals surface area contributed by atoms with Crippen molar-refractivity contribution in [2.75, 3.05) is 0 Å². The Labute approximate surface area is 105 Å². The number of hydrogen-bond donors (Lipinski definition) is 0. The lowest BCUT2D eigenvalue weighted by atomic mass is 10.1. The van der Waals surface area contributed by atoms with Crippen molar-refractivity contribution in [3.8, 4) is 0 Å². The van der Waals surface area contributed by atoms with E-state index >= 15 is 0 Å². The largest absolute Gasteiger partial charge is 0.361 e. The smallest absolute Gasteiger partial charge is 0.139 e. The van der Waals surface area contributed by atoms with Crippen LogP contribution in [-0.4, -0.2) is 5.16 Å². The van der Waals surface area contributed by atoms with Gasteiger partial charge in [-0.25, -0.2) is 4.39 Å². The van der Waals surface area contributed by atoms with Crippen LogP contribution in [0.4, 0.5) is 10.1 Å². The Balaban J connectivity index is 2.16. The van der Waals surface area contributed by atoms with Gasteiger partial charge in [-0.05, 0) is 45.0 Å². The third-order valence-electron chi connectivity index (χ3n) is 2.68. The molecule has 0 spiro atoms. The van der Waals surface area contributed by atoms with Gasteiger partial charge in [-0.15, -0.1) is 0 Å². The van der Waals surface area contributed by atoms with Gasteiger partial charge in [-0.1, -0.05) is 5.16 Å². The number of azo groups is 1. The topological polar surface area (TPSA) is 50.8 Å². The molecule has 4 nitrogen and oxygen atoms in total. The highest BCUT2D eigenvalue weighted by atomic mass is 19.1. The predicted octanol–water partition coefficient (Wildman–Crippen LogP) is 4.28. The van der Waals surface area contributed by atoms with Gasteiger partial charge in [0.15, 0.2) is 0 Å². The lowest BCUT2D eigenvalue weighted by Crippen LogP contribution is -1.92. The molecule has 1 aromatic heterocycles. The molecule has 2 rings (SSSR count). The molecule has 1 aromatic carbocycles. The quantitative estimate of drug-likeness (QED) is 0.760. The molecule has 0 fully saturated rings. The van der Waals surface area contributed by atoms with Crippen molar-refractivity contribution in [3.63, 3.8) is 0 Å². The molecule has 0 bridgehead atoms. The second-order valence-electron chi connectivity index (χ2n) is 4.11. The zero-order valence-electron chi connectivity index (χ0n) is 10.5. The maximum absolute atomic E-state index is 12.7. The Hall–Kier alpha value is -2.04. The Morgan fingerprint density at radius 1 is 1.22 bits per heavy atom. The highest BCUT2D eigenvalue weighted by Crippen LogP contribution is 2.25. The lowest BCUT2D eigenvalue weighted by molar-refractivity contribution is 0.391. The SMILES string of the molecule is Cc1noc(C)c1C(C)N=Nc1ccc(F)cc1. The average molecular weight is 247 g/mol. The van der Waals surface area contributed by atoms with Crippen LogP contribution in [0.3, 0.4) is 0 Å². The summed E-state index contributed by atoms with van der Waals surface area (Å²) in [6.45, 7) is 5.63. The third kappa shape index (κ3) is 2.61. The molecular formula is C13H14FN3O. The van der Waals surface area contributed by atoms with Crippen LogP contribution in [0.2, 0.25) is 0 Å². The lowest BCUT2D eigenvalue weighted by Gasteiger charge is -2.03. The van der Waals surface area contributed by atoms with Gasteiger partial charge in [-0.2, -0.15) is 10.2 Å². The summed E-state index contributed by atoms with van der Waals surface area (Å²) in [6, 6.07) is 5.74. The van der Waals surface area contributed by atoms with E-state index in [1.807, 2.05) is 20.8 Å². The molecule has 1 atom stereocenters. The van der Waals surface area contributed by atoms with E-state index < -0.39 is 0 Å². The van der Waals surface area contributed by atoms with Crippen molar-refractivity contribution in [1.29, 1.82) is 0 Å². The summed E-state index contributed by atoms with van der Waals surface area (Å²) in [6.07, 6.45) is 0. The second kappa shape index (κ2) is 5.08. The first-order chi connectivity index (χ1) is 8.58. The molecule has 0 N–H and O–H groups in total. The van der Waals surface area contributed by atoms with E-state index in [1.54, 1.807) is 12.1 Å². The Kier molecular flexibility index (Phi) is 3.50. The van der Waals surface area contributed by atoms with Crippen LogP contribution in [-0.2, 0) is 0 Å². The van der Waals surface area contributed by atoms with E-state index in [0.717, 1.165) is 17.0 Å². The Morgan fingerprint density at radius 3 is 2.44 bits per heavy atom. The predicted molar refractivity (Wildman–Crippen MR) is 65.3 cm³/mol. The molecule has 18 heavy (non-hydrogen) atoms. The molecule has 2 aromatic rings. The van der Waals surface area contributed by atoms with Gasteiger partial charge in [0.2, 0.25) is 0 Å². The van der Waals surface area contributed by atoms with Crippen LogP contribution in [0.15, 0.2) is 39.0 Å². The van der Waals surface area contributed by atoms with E-state index in [1.165, 1.54) is 12.1 Å². The summed E-state index contributed by atoms with van der Waals surface area (Å²) in [5, 5.41) is 12.1. The van der Waals surface area contributed by atoms with Crippen molar-refractivity contribution >= 4 is 5.69 Å². The van der Waals surface area contributed by atoms with Crippen LogP contribution < -0.4 is 0 Å². The Bertz CT molecular complexity index is 541. The van der Waals surface area contributed by atoms with Crippen LogP contribution >= 0.6 is 0 Å². The fourth-order valence-corrected chi connectivity index (χ4v) is 1.81. The number of aryl methyl sites for hydroxylation is 2. The van der Waals surface area contributed by atoms with Crippen LogP contribution in [0.5, 0.6) is 0 Å². The van der Waals surface area contributed by atoms with Gasteiger partial charge in [0, 0.05) is 5.56 Å². The molecule has 1 heterocycles. The molecule has 0 aliphatic carbocycles. The number of aromatic nitrogens is 1. The van der Waals surface area contributed by atoms with E-state index in [0.29, 0.717) is 5.69 Å². The number of rotatable bonds is 3. The first kappa shape index (κ1) is 12.4. The zero-order chi connectivity index (χ0) is 13.1.